The Bertz CT molecular complexity index is 759. The number of carbonyl (C=O) groups is 2. The second kappa shape index (κ2) is 4.98. The van der Waals surface area contributed by atoms with Crippen LogP contribution in [-0.2, 0) is 0 Å². The Balaban J connectivity index is 2.04. The first kappa shape index (κ1) is 13.2. The number of hydrogen-bond donors (Lipinski definition) is 0. The maximum atomic E-state index is 12.5. The maximum Gasteiger partial charge on any atom is 0.212 e. The van der Waals surface area contributed by atoms with E-state index in [2.05, 4.69) is 4.98 Å². The van der Waals surface area contributed by atoms with Crippen LogP contribution in [0.4, 0.5) is 5.69 Å². The number of aromatic nitrogens is 1. The number of hydrogen-bond acceptors (Lipinski definition) is 4. The van der Waals surface area contributed by atoms with Crippen LogP contribution in [0.5, 0.6) is 0 Å². The highest BCUT2D eigenvalue weighted by atomic mass is 16.1. The molecule has 0 radical (unpaired) electrons. The molecule has 1 aromatic heterocycles. The van der Waals surface area contributed by atoms with Gasteiger partial charge in [0.25, 0.3) is 0 Å². The molecule has 0 fully saturated rings. The third-order valence-electron chi connectivity index (χ3n) is 3.50. The van der Waals surface area contributed by atoms with E-state index < -0.39 is 0 Å². The third-order valence-corrected chi connectivity index (χ3v) is 3.50. The zero-order valence-electron chi connectivity index (χ0n) is 11.8. The Kier molecular flexibility index (Phi) is 3.14. The maximum absolute atomic E-state index is 12.5. The Morgan fingerprint density at radius 2 is 1.71 bits per heavy atom. The van der Waals surface area contributed by atoms with Crippen LogP contribution in [0.25, 0.3) is 5.57 Å². The van der Waals surface area contributed by atoms with Gasteiger partial charge in [-0.15, -0.1) is 0 Å². The summed E-state index contributed by atoms with van der Waals surface area (Å²) in [5.41, 5.74) is 2.77. The van der Waals surface area contributed by atoms with Crippen LogP contribution in [0.15, 0.2) is 48.7 Å². The molecule has 0 spiro atoms. The first-order valence-corrected chi connectivity index (χ1v) is 6.61. The van der Waals surface area contributed by atoms with Gasteiger partial charge in [-0.25, -0.2) is 0 Å². The molecule has 0 unspecified atom stereocenters. The molecule has 1 aromatic carbocycles. The smallest absolute Gasteiger partial charge is 0.212 e. The van der Waals surface area contributed by atoms with Gasteiger partial charge in [-0.05, 0) is 35.9 Å². The molecule has 4 nitrogen and oxygen atoms in total. The fourth-order valence-corrected chi connectivity index (χ4v) is 2.34. The molecule has 0 saturated heterocycles. The summed E-state index contributed by atoms with van der Waals surface area (Å²) in [6.07, 6.45) is 2.93. The highest BCUT2D eigenvalue weighted by molar-refractivity contribution is 6.37. The van der Waals surface area contributed by atoms with Gasteiger partial charge in [-0.3, -0.25) is 14.6 Å². The number of allylic oxidation sites excluding steroid dienone is 2. The number of anilines is 1. The summed E-state index contributed by atoms with van der Waals surface area (Å²) in [6, 6.07) is 10.8. The second-order valence-electron chi connectivity index (χ2n) is 5.09. The van der Waals surface area contributed by atoms with Crippen LogP contribution in [0, 0.1) is 0 Å². The summed E-state index contributed by atoms with van der Waals surface area (Å²) in [7, 11) is 3.90. The molecule has 2 aromatic rings. The molecule has 1 heterocycles. The van der Waals surface area contributed by atoms with Crippen LogP contribution in [-0.4, -0.2) is 30.6 Å². The fraction of sp³-hybridized carbons (Fsp3) is 0.118. The minimum atomic E-state index is -0.206. The lowest BCUT2D eigenvalue weighted by Gasteiger charge is -2.16. The first-order valence-electron chi connectivity index (χ1n) is 6.61. The van der Waals surface area contributed by atoms with Crippen LogP contribution < -0.4 is 4.90 Å². The molecule has 104 valence electrons. The Labute approximate surface area is 122 Å². The lowest BCUT2D eigenvalue weighted by molar-refractivity contribution is 0.0998. The molecule has 1 aliphatic rings. The van der Waals surface area contributed by atoms with Crippen molar-refractivity contribution in [1.82, 2.24) is 4.98 Å². The van der Waals surface area contributed by atoms with Crippen molar-refractivity contribution in [3.8, 4) is 0 Å². The molecular weight excluding hydrogens is 264 g/mol. The topological polar surface area (TPSA) is 50.3 Å². The van der Waals surface area contributed by atoms with Gasteiger partial charge in [0.2, 0.25) is 5.78 Å². The predicted molar refractivity (Wildman–Crippen MR) is 81.6 cm³/mol. The van der Waals surface area contributed by atoms with Crippen LogP contribution in [0.1, 0.15) is 26.4 Å². The minimum Gasteiger partial charge on any atom is -0.378 e. The molecule has 0 bridgehead atoms. The van der Waals surface area contributed by atoms with E-state index in [0.29, 0.717) is 11.1 Å². The van der Waals surface area contributed by atoms with E-state index in [0.717, 1.165) is 11.3 Å². The van der Waals surface area contributed by atoms with Crippen molar-refractivity contribution in [2.75, 3.05) is 19.0 Å². The van der Waals surface area contributed by atoms with E-state index in [9.17, 15) is 9.59 Å². The number of Topliss-reactive ketones (excluding diaryl/α,β-unsaturated/α-hetero) is 1. The molecule has 1 aliphatic carbocycles. The molecular formula is C17H14N2O2. The summed E-state index contributed by atoms with van der Waals surface area (Å²) >= 11 is 0. The average Bonchev–Trinajstić information content (AvgIpc) is 2.51. The normalized spacial score (nSPS) is 13.7. The molecule has 0 aliphatic heterocycles. The number of fused-ring (bicyclic) bond motifs is 1. The van der Waals surface area contributed by atoms with E-state index in [1.807, 2.05) is 43.3 Å². The molecule has 0 N–H and O–H groups in total. The third kappa shape index (κ3) is 2.25. The second-order valence-corrected chi connectivity index (χ2v) is 5.09. The molecule has 0 atom stereocenters. The Hall–Kier alpha value is -2.75. The van der Waals surface area contributed by atoms with Gasteiger partial charge in [0.15, 0.2) is 5.78 Å². The summed E-state index contributed by atoms with van der Waals surface area (Å²) < 4.78 is 0. The standard InChI is InChI=1S/C17H14N2O2/c1-19(2)12-7-5-11(6-8-12)14-10-15(20)13-4-3-9-18-16(13)17(14)21/h3-10H,1-2H3. The quantitative estimate of drug-likeness (QED) is 0.847. The average molecular weight is 278 g/mol. The number of ketones is 2. The van der Waals surface area contributed by atoms with Gasteiger partial charge >= 0.3 is 0 Å². The number of pyridine rings is 1. The first-order chi connectivity index (χ1) is 10.1. The number of carbonyl (C=O) groups excluding carboxylic acids is 2. The van der Waals surface area contributed by atoms with Crippen LogP contribution in [0.2, 0.25) is 0 Å². The zero-order valence-corrected chi connectivity index (χ0v) is 11.8. The Morgan fingerprint density at radius 1 is 1.00 bits per heavy atom. The van der Waals surface area contributed by atoms with Gasteiger partial charge < -0.3 is 4.90 Å². The van der Waals surface area contributed by atoms with Gasteiger partial charge in [0.1, 0.15) is 5.69 Å². The molecule has 21 heavy (non-hydrogen) atoms. The van der Waals surface area contributed by atoms with Crippen molar-refractivity contribution in [3.05, 3.63) is 65.5 Å². The minimum absolute atomic E-state index is 0.176. The summed E-state index contributed by atoms with van der Waals surface area (Å²) in [5, 5.41) is 0. The molecule has 0 amide bonds. The highest BCUT2D eigenvalue weighted by Crippen LogP contribution is 2.27. The van der Waals surface area contributed by atoms with Gasteiger partial charge in [-0.1, -0.05) is 12.1 Å². The van der Waals surface area contributed by atoms with Crippen molar-refractivity contribution in [3.63, 3.8) is 0 Å². The van der Waals surface area contributed by atoms with Crippen molar-refractivity contribution in [2.45, 2.75) is 0 Å². The van der Waals surface area contributed by atoms with E-state index in [1.54, 1.807) is 12.1 Å². The molecule has 4 heteroatoms. The molecule has 3 rings (SSSR count). The summed E-state index contributed by atoms with van der Waals surface area (Å²) in [6.45, 7) is 0. The van der Waals surface area contributed by atoms with Gasteiger partial charge in [-0.2, -0.15) is 0 Å². The predicted octanol–water partition coefficient (Wildman–Crippen LogP) is 2.61. The van der Waals surface area contributed by atoms with E-state index >= 15 is 0 Å². The number of benzene rings is 1. The fourth-order valence-electron chi connectivity index (χ4n) is 2.34. The number of nitrogens with zero attached hydrogens (tertiary/aromatic N) is 2. The largest absolute Gasteiger partial charge is 0.378 e. The lowest BCUT2D eigenvalue weighted by atomic mass is 9.89. The van der Waals surface area contributed by atoms with E-state index in [-0.39, 0.29) is 17.3 Å². The summed E-state index contributed by atoms with van der Waals surface area (Å²) in [5.74, 6) is -0.382. The zero-order chi connectivity index (χ0) is 15.0. The summed E-state index contributed by atoms with van der Waals surface area (Å²) in [4.78, 5) is 30.6. The number of rotatable bonds is 2. The van der Waals surface area contributed by atoms with Gasteiger partial charge in [0, 0.05) is 31.6 Å². The van der Waals surface area contributed by atoms with E-state index in [4.69, 9.17) is 0 Å². The van der Waals surface area contributed by atoms with Crippen molar-refractivity contribution in [1.29, 1.82) is 0 Å². The van der Waals surface area contributed by atoms with Crippen LogP contribution >= 0.6 is 0 Å². The van der Waals surface area contributed by atoms with Crippen molar-refractivity contribution in [2.24, 2.45) is 0 Å². The SMILES string of the molecule is CN(C)c1ccc(C2=CC(=O)c3cccnc3C2=O)cc1. The highest BCUT2D eigenvalue weighted by Gasteiger charge is 2.27. The Morgan fingerprint density at radius 3 is 2.38 bits per heavy atom. The lowest BCUT2D eigenvalue weighted by Crippen LogP contribution is -2.17. The van der Waals surface area contributed by atoms with Crippen molar-refractivity contribution < 1.29 is 9.59 Å². The monoisotopic (exact) mass is 278 g/mol. The van der Waals surface area contributed by atoms with E-state index in [1.165, 1.54) is 12.3 Å². The van der Waals surface area contributed by atoms with Gasteiger partial charge in [0.05, 0.1) is 5.56 Å². The molecule has 0 saturated carbocycles. The van der Waals surface area contributed by atoms with Crippen LogP contribution in [0.3, 0.4) is 0 Å². The van der Waals surface area contributed by atoms with Crippen molar-refractivity contribution >= 4 is 22.8 Å².